The lowest BCUT2D eigenvalue weighted by molar-refractivity contribution is -1.11. The molecule has 0 aromatic heterocycles. The minimum absolute atomic E-state index is 0.0486. The Morgan fingerprint density at radius 2 is 1.65 bits per heavy atom. The highest BCUT2D eigenvalue weighted by molar-refractivity contribution is 5.63. The van der Waals surface area contributed by atoms with Gasteiger partial charge < -0.3 is 5.11 Å². The summed E-state index contributed by atoms with van der Waals surface area (Å²) in [4.78, 5) is 16.8. The monoisotopic (exact) mass is 245 g/mol. The number of nitrogens with zero attached hydrogens (tertiary/aromatic N) is 1. The molecule has 4 heteroatoms. The van der Waals surface area contributed by atoms with E-state index in [-0.39, 0.29) is 11.4 Å². The number of hydrogen-bond donors (Lipinski definition) is 1. The van der Waals surface area contributed by atoms with Gasteiger partial charge in [0.05, 0.1) is 14.1 Å². The van der Waals surface area contributed by atoms with Gasteiger partial charge in [-0.05, 0) is 12.8 Å². The number of rotatable bonds is 10. The van der Waals surface area contributed by atoms with E-state index in [4.69, 9.17) is 9.94 Å². The molecule has 0 aromatic rings. The number of carbonyl (C=O) groups excluding carboxylic acids is 1. The second-order valence-corrected chi connectivity index (χ2v) is 4.95. The van der Waals surface area contributed by atoms with Gasteiger partial charge in [-0.2, -0.15) is 9.48 Å². The van der Waals surface area contributed by atoms with Crippen LogP contribution in [0, 0.1) is 0 Å². The number of aliphatic hydroxyl groups excluding tert-OH is 1. The van der Waals surface area contributed by atoms with Crippen LogP contribution >= 0.6 is 0 Å². The number of aliphatic hydroxyl groups is 1. The van der Waals surface area contributed by atoms with E-state index in [9.17, 15) is 4.79 Å². The lowest BCUT2D eigenvalue weighted by atomic mass is 9.87. The summed E-state index contributed by atoms with van der Waals surface area (Å²) in [5.41, 5.74) is -0.658. The predicted octanol–water partition coefficient (Wildman–Crippen LogP) is 2.17. The van der Waals surface area contributed by atoms with Gasteiger partial charge in [-0.25, -0.2) is 0 Å². The normalized spacial score (nSPS) is 12.8. The van der Waals surface area contributed by atoms with Crippen LogP contribution in [0.2, 0.25) is 0 Å². The lowest BCUT2D eigenvalue weighted by Crippen LogP contribution is -2.60. The van der Waals surface area contributed by atoms with E-state index < -0.39 is 5.54 Å². The number of quaternary nitrogens is 1. The maximum atomic E-state index is 11.5. The third-order valence-electron chi connectivity index (χ3n) is 3.49. The largest absolute Gasteiger partial charge is 0.366 e. The summed E-state index contributed by atoms with van der Waals surface area (Å²) >= 11 is 0. The molecule has 0 bridgehead atoms. The maximum absolute atomic E-state index is 11.5. The fourth-order valence-corrected chi connectivity index (χ4v) is 2.08. The van der Waals surface area contributed by atoms with Crippen molar-refractivity contribution < 1.29 is 19.4 Å². The Labute approximate surface area is 105 Å². The summed E-state index contributed by atoms with van der Waals surface area (Å²) in [6.07, 6.45) is 7.70. The van der Waals surface area contributed by atoms with Crippen LogP contribution in [-0.4, -0.2) is 42.5 Å². The summed E-state index contributed by atoms with van der Waals surface area (Å²) in [5, 5.41) is 8.94. The molecular weight excluding hydrogens is 218 g/mol. The van der Waals surface area contributed by atoms with Crippen molar-refractivity contribution in [3.05, 3.63) is 0 Å². The summed E-state index contributed by atoms with van der Waals surface area (Å²) in [6, 6.07) is 0. The minimum atomic E-state index is -0.658. The van der Waals surface area contributed by atoms with Crippen molar-refractivity contribution in [3.8, 4) is 0 Å². The highest BCUT2D eigenvalue weighted by Crippen LogP contribution is 2.31. The quantitative estimate of drug-likeness (QED) is 0.364. The van der Waals surface area contributed by atoms with Crippen molar-refractivity contribution >= 4 is 6.29 Å². The van der Waals surface area contributed by atoms with Crippen LogP contribution in [0.25, 0.3) is 0 Å². The van der Waals surface area contributed by atoms with E-state index in [0.29, 0.717) is 0 Å². The average Bonchev–Trinajstić information content (AvgIpc) is 2.29. The fraction of sp³-hybridized carbons (Fsp3) is 0.923. The zero-order valence-electron chi connectivity index (χ0n) is 11.7. The van der Waals surface area contributed by atoms with Crippen LogP contribution in [0.3, 0.4) is 0 Å². The van der Waals surface area contributed by atoms with Crippen LogP contribution in [0.5, 0.6) is 0 Å². The summed E-state index contributed by atoms with van der Waals surface area (Å²) in [6.45, 7) is 3.82. The number of unbranched alkanes of at least 4 members (excludes halogenated alkanes) is 2. The second kappa shape index (κ2) is 7.80. The topological polar surface area (TPSA) is 46.5 Å². The average molecular weight is 245 g/mol. The van der Waals surface area contributed by atoms with Crippen molar-refractivity contribution in [1.82, 2.24) is 0 Å². The summed E-state index contributed by atoms with van der Waals surface area (Å²) < 4.78 is 0.0486. The zero-order valence-corrected chi connectivity index (χ0v) is 11.7. The van der Waals surface area contributed by atoms with Gasteiger partial charge in [0.2, 0.25) is 6.79 Å². The number of hydroxylamine groups is 3. The van der Waals surface area contributed by atoms with E-state index >= 15 is 0 Å². The molecule has 0 unspecified atom stereocenters. The van der Waals surface area contributed by atoms with Gasteiger partial charge in [-0.1, -0.05) is 26.7 Å². The highest BCUT2D eigenvalue weighted by Gasteiger charge is 2.47. The van der Waals surface area contributed by atoms with E-state index in [1.807, 2.05) is 14.1 Å². The Morgan fingerprint density at radius 1 is 1.18 bits per heavy atom. The Balaban J connectivity index is 4.93. The van der Waals surface area contributed by atoms with Gasteiger partial charge in [0, 0.05) is 12.8 Å². The Bertz CT molecular complexity index is 209. The SMILES string of the molecule is CCCCC([C]=O)(CCCC)[N+](C)(C)OCO. The molecule has 0 saturated carbocycles. The van der Waals surface area contributed by atoms with Crippen LogP contribution < -0.4 is 0 Å². The third-order valence-corrected chi connectivity index (χ3v) is 3.49. The fourth-order valence-electron chi connectivity index (χ4n) is 2.08. The zero-order chi connectivity index (χ0) is 13.4. The molecule has 0 saturated heterocycles. The van der Waals surface area contributed by atoms with Crippen LogP contribution in [0.15, 0.2) is 0 Å². The van der Waals surface area contributed by atoms with Crippen LogP contribution in [0.1, 0.15) is 52.4 Å². The first-order chi connectivity index (χ1) is 7.99. The first-order valence-electron chi connectivity index (χ1n) is 6.48. The van der Waals surface area contributed by atoms with Crippen molar-refractivity contribution in [2.75, 3.05) is 20.9 Å². The van der Waals surface area contributed by atoms with Crippen molar-refractivity contribution in [2.24, 2.45) is 0 Å². The molecule has 1 N–H and O–H groups in total. The first kappa shape index (κ1) is 16.6. The first-order valence-corrected chi connectivity index (χ1v) is 6.48. The standard InChI is InChI=1S/C13H27NO3/c1-5-7-9-13(11-15,10-8-6-2)14(3,4)17-12-16/h16H,5-10,12H2,1-4H3/q+1. The molecule has 17 heavy (non-hydrogen) atoms. The van der Waals surface area contributed by atoms with Crippen molar-refractivity contribution in [2.45, 2.75) is 57.9 Å². The summed E-state index contributed by atoms with van der Waals surface area (Å²) in [5.74, 6) is 0. The molecule has 0 atom stereocenters. The minimum Gasteiger partial charge on any atom is -0.366 e. The van der Waals surface area contributed by atoms with Gasteiger partial charge >= 0.3 is 0 Å². The highest BCUT2D eigenvalue weighted by atomic mass is 16.8. The van der Waals surface area contributed by atoms with Gasteiger partial charge in [0.25, 0.3) is 6.29 Å². The summed E-state index contributed by atoms with van der Waals surface area (Å²) in [7, 11) is 3.62. The predicted molar refractivity (Wildman–Crippen MR) is 67.8 cm³/mol. The molecule has 0 spiro atoms. The molecule has 4 nitrogen and oxygen atoms in total. The second-order valence-electron chi connectivity index (χ2n) is 4.95. The molecule has 101 valence electrons. The van der Waals surface area contributed by atoms with E-state index in [1.54, 1.807) is 0 Å². The molecule has 0 aromatic carbocycles. The Kier molecular flexibility index (Phi) is 7.59. The third kappa shape index (κ3) is 4.37. The smallest absolute Gasteiger partial charge is 0.268 e. The van der Waals surface area contributed by atoms with Gasteiger partial charge in [-0.15, -0.1) is 0 Å². The Hall–Kier alpha value is -0.450. The molecule has 0 fully saturated rings. The van der Waals surface area contributed by atoms with E-state index in [2.05, 4.69) is 20.1 Å². The molecule has 0 aliphatic rings. The molecule has 0 aliphatic carbocycles. The van der Waals surface area contributed by atoms with Gasteiger partial charge in [-0.3, -0.25) is 4.79 Å². The van der Waals surface area contributed by atoms with Gasteiger partial charge in [0.15, 0.2) is 5.54 Å². The maximum Gasteiger partial charge on any atom is 0.268 e. The lowest BCUT2D eigenvalue weighted by Gasteiger charge is -2.41. The molecular formula is C13H27NO3+. The van der Waals surface area contributed by atoms with Crippen molar-refractivity contribution in [1.29, 1.82) is 0 Å². The molecule has 0 rings (SSSR count). The molecule has 0 aliphatic heterocycles. The number of hydrogen-bond acceptors (Lipinski definition) is 3. The van der Waals surface area contributed by atoms with Crippen LogP contribution in [0.4, 0.5) is 0 Å². The van der Waals surface area contributed by atoms with E-state index in [0.717, 1.165) is 38.5 Å². The van der Waals surface area contributed by atoms with Crippen molar-refractivity contribution in [3.63, 3.8) is 0 Å². The van der Waals surface area contributed by atoms with E-state index in [1.165, 1.54) is 0 Å². The molecule has 0 amide bonds. The van der Waals surface area contributed by atoms with Gasteiger partial charge in [0.1, 0.15) is 0 Å². The van der Waals surface area contributed by atoms with Crippen LogP contribution in [-0.2, 0) is 9.63 Å². The molecule has 1 radical (unpaired) electrons. The molecule has 0 heterocycles. The number of likely N-dealkylation sites (N-methyl/N-ethyl adjacent to an activating group) is 1. The Morgan fingerprint density at radius 3 is 1.94 bits per heavy atom.